The summed E-state index contributed by atoms with van der Waals surface area (Å²) in [6, 6.07) is 6.11. The monoisotopic (exact) mass is 268 g/mol. The molecular formula is C11H9FN2O3S. The minimum absolute atomic E-state index is 0.0442. The van der Waals surface area contributed by atoms with Crippen LogP contribution >= 0.6 is 11.8 Å². The number of aromatic nitrogens is 2. The highest BCUT2D eigenvalue weighted by Gasteiger charge is 2.12. The van der Waals surface area contributed by atoms with Crippen LogP contribution in [0.25, 0.3) is 11.4 Å². The fourth-order valence-electron chi connectivity index (χ4n) is 1.29. The van der Waals surface area contributed by atoms with Crippen molar-refractivity contribution in [2.24, 2.45) is 0 Å². The summed E-state index contributed by atoms with van der Waals surface area (Å²) in [6.07, 6.45) is 0. The number of carbonyl (C=O) groups is 1. The highest BCUT2D eigenvalue weighted by atomic mass is 32.2. The topological polar surface area (TPSA) is 76.2 Å². The lowest BCUT2D eigenvalue weighted by molar-refractivity contribution is -0.133. The molecule has 0 unspecified atom stereocenters. The molecule has 0 radical (unpaired) electrons. The van der Waals surface area contributed by atoms with Crippen LogP contribution in [0.3, 0.4) is 0 Å². The number of thioether (sulfide) groups is 1. The first-order valence-corrected chi connectivity index (χ1v) is 6.19. The van der Waals surface area contributed by atoms with Gasteiger partial charge in [0, 0.05) is 0 Å². The minimum atomic E-state index is -0.908. The SMILES string of the molecule is O=C(O)CSCc1nc(-c2ccccc2F)no1. The molecule has 0 saturated carbocycles. The molecule has 0 bridgehead atoms. The Hall–Kier alpha value is -1.89. The number of carboxylic acids is 1. The Kier molecular flexibility index (Phi) is 3.93. The average molecular weight is 268 g/mol. The van der Waals surface area contributed by atoms with Crippen LogP contribution in [0, 0.1) is 5.82 Å². The second kappa shape index (κ2) is 5.63. The van der Waals surface area contributed by atoms with Gasteiger partial charge in [0.05, 0.1) is 17.1 Å². The van der Waals surface area contributed by atoms with Crippen molar-refractivity contribution in [1.29, 1.82) is 0 Å². The van der Waals surface area contributed by atoms with E-state index < -0.39 is 11.8 Å². The molecular weight excluding hydrogens is 259 g/mol. The molecule has 18 heavy (non-hydrogen) atoms. The molecule has 1 N–H and O–H groups in total. The number of benzene rings is 1. The first-order chi connectivity index (χ1) is 8.66. The molecule has 0 spiro atoms. The van der Waals surface area contributed by atoms with E-state index in [0.717, 1.165) is 11.8 Å². The van der Waals surface area contributed by atoms with Gasteiger partial charge in [-0.1, -0.05) is 17.3 Å². The van der Waals surface area contributed by atoms with Gasteiger partial charge in [0.1, 0.15) is 5.82 Å². The van der Waals surface area contributed by atoms with Crippen LogP contribution in [0.5, 0.6) is 0 Å². The second-order valence-corrected chi connectivity index (χ2v) is 4.36. The van der Waals surface area contributed by atoms with Crippen LogP contribution in [-0.4, -0.2) is 27.0 Å². The van der Waals surface area contributed by atoms with Crippen molar-refractivity contribution >= 4 is 17.7 Å². The van der Waals surface area contributed by atoms with Crippen LogP contribution in [0.15, 0.2) is 28.8 Å². The zero-order chi connectivity index (χ0) is 13.0. The number of aliphatic carboxylic acids is 1. The summed E-state index contributed by atoms with van der Waals surface area (Å²) < 4.78 is 18.4. The number of hydrogen-bond acceptors (Lipinski definition) is 5. The molecule has 1 aromatic heterocycles. The third-order valence-electron chi connectivity index (χ3n) is 2.03. The average Bonchev–Trinajstić information content (AvgIpc) is 2.78. The van der Waals surface area contributed by atoms with Crippen molar-refractivity contribution in [3.05, 3.63) is 36.0 Å². The van der Waals surface area contributed by atoms with Crippen molar-refractivity contribution in [1.82, 2.24) is 10.1 Å². The standard InChI is InChI=1S/C11H9FN2O3S/c12-8-4-2-1-3-7(8)11-13-9(17-14-11)5-18-6-10(15)16/h1-4H,5-6H2,(H,15,16). The quantitative estimate of drug-likeness (QED) is 0.895. The first kappa shape index (κ1) is 12.6. The van der Waals surface area contributed by atoms with E-state index in [1.54, 1.807) is 18.2 Å². The molecule has 0 aliphatic rings. The van der Waals surface area contributed by atoms with Gasteiger partial charge in [0.2, 0.25) is 11.7 Å². The van der Waals surface area contributed by atoms with Gasteiger partial charge in [0.25, 0.3) is 0 Å². The van der Waals surface area contributed by atoms with Gasteiger partial charge in [-0.15, -0.1) is 11.8 Å². The molecule has 0 saturated heterocycles. The Bertz CT molecular complexity index is 559. The maximum absolute atomic E-state index is 13.4. The summed E-state index contributed by atoms with van der Waals surface area (Å²) in [4.78, 5) is 14.3. The van der Waals surface area contributed by atoms with E-state index in [0.29, 0.717) is 0 Å². The van der Waals surface area contributed by atoms with Crippen molar-refractivity contribution in [2.45, 2.75) is 5.75 Å². The maximum atomic E-state index is 13.4. The van der Waals surface area contributed by atoms with Gasteiger partial charge in [-0.2, -0.15) is 4.98 Å². The molecule has 0 atom stereocenters. The second-order valence-electron chi connectivity index (χ2n) is 3.38. The van der Waals surface area contributed by atoms with Gasteiger partial charge in [-0.3, -0.25) is 4.79 Å². The predicted molar refractivity (Wildman–Crippen MR) is 63.5 cm³/mol. The van der Waals surface area contributed by atoms with E-state index in [2.05, 4.69) is 10.1 Å². The summed E-state index contributed by atoms with van der Waals surface area (Å²) in [6.45, 7) is 0. The third-order valence-corrected chi connectivity index (χ3v) is 2.94. The highest BCUT2D eigenvalue weighted by molar-refractivity contribution is 7.99. The number of carboxylic acid groups (broad SMARTS) is 1. The van der Waals surface area contributed by atoms with Crippen LogP contribution in [0.1, 0.15) is 5.89 Å². The number of nitrogens with zero attached hydrogens (tertiary/aromatic N) is 2. The van der Waals surface area contributed by atoms with E-state index >= 15 is 0 Å². The lowest BCUT2D eigenvalue weighted by atomic mass is 10.2. The van der Waals surface area contributed by atoms with Gasteiger partial charge in [0.15, 0.2) is 0 Å². The van der Waals surface area contributed by atoms with E-state index in [4.69, 9.17) is 9.63 Å². The van der Waals surface area contributed by atoms with Crippen LogP contribution in [0.4, 0.5) is 4.39 Å². The smallest absolute Gasteiger partial charge is 0.313 e. The maximum Gasteiger partial charge on any atom is 0.313 e. The lowest BCUT2D eigenvalue weighted by Gasteiger charge is -1.94. The summed E-state index contributed by atoms with van der Waals surface area (Å²) in [7, 11) is 0. The van der Waals surface area contributed by atoms with Crippen LogP contribution < -0.4 is 0 Å². The molecule has 0 fully saturated rings. The molecule has 0 amide bonds. The third kappa shape index (κ3) is 3.07. The molecule has 0 aliphatic heterocycles. The van der Waals surface area contributed by atoms with E-state index in [-0.39, 0.29) is 28.8 Å². The first-order valence-electron chi connectivity index (χ1n) is 5.04. The number of rotatable bonds is 5. The van der Waals surface area contributed by atoms with E-state index in [1.165, 1.54) is 6.07 Å². The fourth-order valence-corrected chi connectivity index (χ4v) is 1.86. The Morgan fingerprint density at radius 2 is 2.22 bits per heavy atom. The van der Waals surface area contributed by atoms with Crippen LogP contribution in [-0.2, 0) is 10.5 Å². The molecule has 5 nitrogen and oxygen atoms in total. The molecule has 2 rings (SSSR count). The number of halogens is 1. The predicted octanol–water partition coefficient (Wildman–Crippen LogP) is 2.19. The van der Waals surface area contributed by atoms with E-state index in [9.17, 15) is 9.18 Å². The highest BCUT2D eigenvalue weighted by Crippen LogP contribution is 2.20. The summed E-state index contributed by atoms with van der Waals surface area (Å²) >= 11 is 1.14. The van der Waals surface area contributed by atoms with E-state index in [1.807, 2.05) is 0 Å². The zero-order valence-electron chi connectivity index (χ0n) is 9.17. The van der Waals surface area contributed by atoms with Gasteiger partial charge >= 0.3 is 5.97 Å². The molecule has 7 heteroatoms. The van der Waals surface area contributed by atoms with Gasteiger partial charge < -0.3 is 9.63 Å². The van der Waals surface area contributed by atoms with Crippen molar-refractivity contribution in [3.63, 3.8) is 0 Å². The van der Waals surface area contributed by atoms with Crippen LogP contribution in [0.2, 0.25) is 0 Å². The molecule has 0 aliphatic carbocycles. The van der Waals surface area contributed by atoms with Gasteiger partial charge in [-0.25, -0.2) is 4.39 Å². The Morgan fingerprint density at radius 1 is 1.44 bits per heavy atom. The van der Waals surface area contributed by atoms with Crippen molar-refractivity contribution < 1.29 is 18.8 Å². The summed E-state index contributed by atoms with van der Waals surface area (Å²) in [5, 5.41) is 12.1. The van der Waals surface area contributed by atoms with Crippen molar-refractivity contribution in [2.75, 3.05) is 5.75 Å². The Morgan fingerprint density at radius 3 is 2.94 bits per heavy atom. The van der Waals surface area contributed by atoms with Crippen molar-refractivity contribution in [3.8, 4) is 11.4 Å². The van der Waals surface area contributed by atoms with Gasteiger partial charge in [-0.05, 0) is 12.1 Å². The number of hydrogen-bond donors (Lipinski definition) is 1. The fraction of sp³-hybridized carbons (Fsp3) is 0.182. The Labute approximate surface area is 106 Å². The lowest BCUT2D eigenvalue weighted by Crippen LogP contribution is -1.98. The Balaban J connectivity index is 2.06. The molecule has 1 heterocycles. The molecule has 2 aromatic rings. The summed E-state index contributed by atoms with van der Waals surface area (Å²) in [5.41, 5.74) is 0.260. The normalized spacial score (nSPS) is 10.5. The summed E-state index contributed by atoms with van der Waals surface area (Å²) in [5.74, 6) is -0.652. The molecule has 1 aromatic carbocycles. The zero-order valence-corrected chi connectivity index (χ0v) is 9.98. The minimum Gasteiger partial charge on any atom is -0.481 e. The molecule has 94 valence electrons. The largest absolute Gasteiger partial charge is 0.481 e.